The Morgan fingerprint density at radius 2 is 2.41 bits per heavy atom. The van der Waals surface area contributed by atoms with Gasteiger partial charge in [0.05, 0.1) is 7.11 Å². The van der Waals surface area contributed by atoms with E-state index in [1.54, 1.807) is 18.3 Å². The molecule has 2 N–H and O–H groups in total. The molecule has 0 bridgehead atoms. The Hall–Kier alpha value is -1.04. The number of nitrogens with one attached hydrogen (secondary N) is 1. The summed E-state index contributed by atoms with van der Waals surface area (Å²) in [4.78, 5) is 14.9. The smallest absolute Gasteiger partial charge is 0.235 e. The van der Waals surface area contributed by atoms with Gasteiger partial charge in [-0.25, -0.2) is 0 Å². The monoisotopic (exact) mass is 280 g/mol. The van der Waals surface area contributed by atoms with Crippen LogP contribution in [0.15, 0.2) is 18.3 Å². The third kappa shape index (κ3) is 4.77. The van der Waals surface area contributed by atoms with E-state index in [1.165, 1.54) is 7.11 Å². The predicted molar refractivity (Wildman–Crippen MR) is 66.7 cm³/mol. The number of pyridine rings is 1. The highest BCUT2D eigenvalue weighted by Gasteiger charge is 2.14. The second-order valence-corrected chi connectivity index (χ2v) is 3.31. The highest BCUT2D eigenvalue weighted by Crippen LogP contribution is 2.21. The first-order chi connectivity index (χ1) is 7.69. The van der Waals surface area contributed by atoms with Crippen LogP contribution >= 0.6 is 24.0 Å². The molecule has 0 aliphatic carbocycles. The number of halogens is 2. The van der Waals surface area contributed by atoms with Crippen LogP contribution in [0.1, 0.15) is 11.8 Å². The quantitative estimate of drug-likeness (QED) is 0.787. The molecular weight excluding hydrogens is 267 g/mol. The van der Waals surface area contributed by atoms with Crippen molar-refractivity contribution in [2.75, 3.05) is 19.5 Å². The van der Waals surface area contributed by atoms with Gasteiger partial charge in [0.2, 0.25) is 5.91 Å². The maximum absolute atomic E-state index is 10.9. The molecule has 1 unspecified atom stereocenters. The molecule has 1 amide bonds. The van der Waals surface area contributed by atoms with E-state index in [1.807, 2.05) is 0 Å². The topological polar surface area (TPSA) is 71.5 Å². The lowest BCUT2D eigenvalue weighted by Crippen LogP contribution is -2.29. The normalized spacial score (nSPS) is 11.2. The van der Waals surface area contributed by atoms with Gasteiger partial charge in [-0.1, -0.05) is 0 Å². The number of methoxy groups -OCH3 is 1. The number of nitrogens with zero attached hydrogens (tertiary/aromatic N) is 1. The molecule has 96 valence electrons. The predicted octanol–water partition coefficient (Wildman–Crippen LogP) is 0.900. The second kappa shape index (κ2) is 8.11. The van der Waals surface area contributed by atoms with Crippen LogP contribution in [-0.2, 0) is 4.79 Å². The van der Waals surface area contributed by atoms with E-state index in [4.69, 9.17) is 16.3 Å². The molecule has 1 atom stereocenters. The molecule has 0 radical (unpaired) electrons. The van der Waals surface area contributed by atoms with E-state index in [-0.39, 0.29) is 30.7 Å². The lowest BCUT2D eigenvalue weighted by Gasteiger charge is -2.13. The first-order valence-corrected chi connectivity index (χ1v) is 5.22. The van der Waals surface area contributed by atoms with Gasteiger partial charge < -0.3 is 15.2 Å². The van der Waals surface area contributed by atoms with Crippen LogP contribution in [0.4, 0.5) is 0 Å². The zero-order chi connectivity index (χ0) is 12.0. The maximum atomic E-state index is 10.9. The lowest BCUT2D eigenvalue weighted by molar-refractivity contribution is -0.119. The number of alkyl halides is 1. The molecule has 7 heteroatoms. The first-order valence-electron chi connectivity index (χ1n) is 4.68. The fraction of sp³-hybridized carbons (Fsp3) is 0.400. The van der Waals surface area contributed by atoms with Crippen molar-refractivity contribution in [1.82, 2.24) is 10.3 Å². The number of amides is 1. The van der Waals surface area contributed by atoms with Crippen molar-refractivity contribution in [3.63, 3.8) is 0 Å². The Bertz CT molecular complexity index is 363. The zero-order valence-electron chi connectivity index (χ0n) is 9.22. The number of hydrogen-bond acceptors (Lipinski definition) is 4. The molecule has 0 aliphatic heterocycles. The third-order valence-corrected chi connectivity index (χ3v) is 2.19. The second-order valence-electron chi connectivity index (χ2n) is 3.04. The Morgan fingerprint density at radius 1 is 1.71 bits per heavy atom. The van der Waals surface area contributed by atoms with Crippen LogP contribution in [0.5, 0.6) is 5.75 Å². The van der Waals surface area contributed by atoms with E-state index in [0.29, 0.717) is 11.4 Å². The number of carbonyl (C=O) groups is 1. The van der Waals surface area contributed by atoms with E-state index < -0.39 is 6.10 Å². The van der Waals surface area contributed by atoms with Gasteiger partial charge in [-0.2, -0.15) is 0 Å². The van der Waals surface area contributed by atoms with Crippen LogP contribution in [-0.4, -0.2) is 35.5 Å². The fourth-order valence-corrected chi connectivity index (χ4v) is 1.27. The molecule has 1 rings (SSSR count). The van der Waals surface area contributed by atoms with Gasteiger partial charge in [0, 0.05) is 12.7 Å². The summed E-state index contributed by atoms with van der Waals surface area (Å²) in [5.74, 6) is 0.0113. The molecule has 0 saturated carbocycles. The van der Waals surface area contributed by atoms with E-state index in [0.717, 1.165) is 0 Å². The molecule has 1 heterocycles. The summed E-state index contributed by atoms with van der Waals surface area (Å²) < 4.78 is 5.04. The van der Waals surface area contributed by atoms with Gasteiger partial charge in [-0.3, -0.25) is 9.78 Å². The zero-order valence-corrected chi connectivity index (χ0v) is 10.8. The largest absolute Gasteiger partial charge is 0.495 e. The van der Waals surface area contributed by atoms with Crippen molar-refractivity contribution in [1.29, 1.82) is 0 Å². The third-order valence-electron chi connectivity index (χ3n) is 1.95. The van der Waals surface area contributed by atoms with Crippen molar-refractivity contribution in [3.8, 4) is 5.75 Å². The molecule has 5 nitrogen and oxygen atoms in total. The Labute approximate surface area is 111 Å². The fourth-order valence-electron chi connectivity index (χ4n) is 1.18. The van der Waals surface area contributed by atoms with Crippen molar-refractivity contribution in [2.24, 2.45) is 0 Å². The Kier molecular flexibility index (Phi) is 7.61. The highest BCUT2D eigenvalue weighted by atomic mass is 35.5. The van der Waals surface area contributed by atoms with Gasteiger partial charge in [-0.15, -0.1) is 24.0 Å². The van der Waals surface area contributed by atoms with Crippen molar-refractivity contribution < 1.29 is 14.6 Å². The number of aliphatic hydroxyl groups is 1. The summed E-state index contributed by atoms with van der Waals surface area (Å²) in [6.07, 6.45) is 0.632. The molecule has 0 fully saturated rings. The number of carbonyl (C=O) groups excluding carboxylic acids is 1. The minimum Gasteiger partial charge on any atom is -0.495 e. The van der Waals surface area contributed by atoms with Crippen LogP contribution in [0.25, 0.3) is 0 Å². The van der Waals surface area contributed by atoms with Crippen LogP contribution in [0, 0.1) is 0 Å². The van der Waals surface area contributed by atoms with Crippen LogP contribution in [0.2, 0.25) is 0 Å². The molecule has 17 heavy (non-hydrogen) atoms. The summed E-state index contributed by atoms with van der Waals surface area (Å²) in [5.41, 5.74) is 0.389. The first kappa shape index (κ1) is 16.0. The average Bonchev–Trinajstić information content (AvgIpc) is 2.35. The van der Waals surface area contributed by atoms with E-state index in [2.05, 4.69) is 10.3 Å². The van der Waals surface area contributed by atoms with Crippen molar-refractivity contribution in [2.45, 2.75) is 6.10 Å². The molecule has 0 spiro atoms. The number of aromatic nitrogens is 1. The average molecular weight is 281 g/mol. The van der Waals surface area contributed by atoms with Gasteiger partial charge in [0.15, 0.2) is 0 Å². The summed E-state index contributed by atoms with van der Waals surface area (Å²) >= 11 is 5.31. The Morgan fingerprint density at radius 3 is 3.00 bits per heavy atom. The standard InChI is InChI=1S/C10H13ClN2O3.ClH/c1-16-8-3-2-4-12-10(8)7(14)6-13-9(15)5-11;/h2-4,7,14H,5-6H2,1H3,(H,13,15);1H. The molecule has 1 aromatic heterocycles. The SMILES string of the molecule is COc1cccnc1C(O)CNC(=O)CCl.Cl. The summed E-state index contributed by atoms with van der Waals surface area (Å²) in [5, 5.41) is 12.2. The van der Waals surface area contributed by atoms with Gasteiger partial charge in [0.25, 0.3) is 0 Å². The van der Waals surface area contributed by atoms with Crippen molar-refractivity contribution in [3.05, 3.63) is 24.0 Å². The highest BCUT2D eigenvalue weighted by molar-refractivity contribution is 6.27. The Balaban J connectivity index is 0.00000256. The van der Waals surface area contributed by atoms with Gasteiger partial charge >= 0.3 is 0 Å². The summed E-state index contributed by atoms with van der Waals surface area (Å²) in [6.45, 7) is 0.0545. The number of ether oxygens (including phenoxy) is 1. The minimum atomic E-state index is -0.914. The number of hydrogen-bond donors (Lipinski definition) is 2. The molecule has 1 aromatic rings. The van der Waals surface area contributed by atoms with Crippen LogP contribution in [0.3, 0.4) is 0 Å². The number of rotatable bonds is 5. The van der Waals surface area contributed by atoms with E-state index in [9.17, 15) is 9.90 Å². The van der Waals surface area contributed by atoms with Gasteiger partial charge in [-0.05, 0) is 12.1 Å². The summed E-state index contributed by atoms with van der Waals surface area (Å²) in [7, 11) is 1.49. The lowest BCUT2D eigenvalue weighted by atomic mass is 10.2. The summed E-state index contributed by atoms with van der Waals surface area (Å²) in [6, 6.07) is 3.39. The molecule has 0 saturated heterocycles. The molecular formula is C10H14Cl2N2O3. The van der Waals surface area contributed by atoms with E-state index >= 15 is 0 Å². The molecule has 0 aliphatic rings. The van der Waals surface area contributed by atoms with Crippen molar-refractivity contribution >= 4 is 29.9 Å². The maximum Gasteiger partial charge on any atom is 0.235 e. The van der Waals surface area contributed by atoms with Crippen LogP contribution < -0.4 is 10.1 Å². The number of aliphatic hydroxyl groups excluding tert-OH is 1. The van der Waals surface area contributed by atoms with Gasteiger partial charge in [0.1, 0.15) is 23.4 Å². The molecule has 0 aromatic carbocycles. The minimum absolute atomic E-state index is 0.